The van der Waals surface area contributed by atoms with E-state index >= 15 is 0 Å². The predicted molar refractivity (Wildman–Crippen MR) is 220 cm³/mol. The van der Waals surface area contributed by atoms with E-state index in [0.717, 1.165) is 22.7 Å². The number of para-hydroxylation sites is 2. The lowest BCUT2D eigenvalue weighted by molar-refractivity contribution is 1.16. The van der Waals surface area contributed by atoms with E-state index in [9.17, 15) is 0 Å². The van der Waals surface area contributed by atoms with Gasteiger partial charge in [-0.3, -0.25) is 4.98 Å². The lowest BCUT2D eigenvalue weighted by Gasteiger charge is -2.25. The fourth-order valence-electron chi connectivity index (χ4n) is 7.71. The van der Waals surface area contributed by atoms with Crippen LogP contribution in [0.3, 0.4) is 0 Å². The molecule has 0 aliphatic carbocycles. The van der Waals surface area contributed by atoms with Crippen molar-refractivity contribution in [3.8, 4) is 16.8 Å². The van der Waals surface area contributed by atoms with Crippen LogP contribution in [0.1, 0.15) is 11.1 Å². The van der Waals surface area contributed by atoms with Crippen LogP contribution in [0.4, 0.5) is 17.1 Å². The molecule has 2 aromatic heterocycles. The third-order valence-corrected chi connectivity index (χ3v) is 10.2. The number of hydrogen-bond donors (Lipinski definition) is 0. The van der Waals surface area contributed by atoms with Crippen LogP contribution in [0.15, 0.2) is 188 Å². The van der Waals surface area contributed by atoms with Crippen LogP contribution in [0.25, 0.3) is 72.3 Å². The van der Waals surface area contributed by atoms with Crippen molar-refractivity contribution in [1.82, 2.24) is 9.55 Å². The lowest BCUT2D eigenvalue weighted by Crippen LogP contribution is -2.09. The second kappa shape index (κ2) is 12.4. The number of nitrogens with zero attached hydrogens (tertiary/aromatic N) is 3. The maximum atomic E-state index is 4.28. The Morgan fingerprint density at radius 3 is 1.81 bits per heavy atom. The maximum Gasteiger partial charge on any atom is 0.0553 e. The molecule has 0 amide bonds. The first-order chi connectivity index (χ1) is 25.8. The number of pyridine rings is 1. The summed E-state index contributed by atoms with van der Waals surface area (Å²) in [5.74, 6) is 0. The topological polar surface area (TPSA) is 21.1 Å². The molecular weight excluding hydrogens is 631 g/mol. The summed E-state index contributed by atoms with van der Waals surface area (Å²) in [6.07, 6.45) is 8.14. The standard InChI is InChI=1S/C49H33N3/c1-3-9-42(10-4-1)51(43-11-5-2-6-12-43)45-25-24-38-30-35(18-21-39(38)32-45)15-14-34-16-19-36(20-17-34)41-31-40-23-22-37-8-7-13-46-48(37)49(40)47(33-41)52(46)44-26-28-50-29-27-44/h1-33H. The van der Waals surface area contributed by atoms with E-state index in [1.807, 2.05) is 12.4 Å². The molecule has 3 heteroatoms. The zero-order valence-corrected chi connectivity index (χ0v) is 28.4. The van der Waals surface area contributed by atoms with Gasteiger partial charge in [-0.2, -0.15) is 0 Å². The van der Waals surface area contributed by atoms with Gasteiger partial charge in [0.2, 0.25) is 0 Å². The van der Waals surface area contributed by atoms with Crippen molar-refractivity contribution in [3.63, 3.8) is 0 Å². The molecule has 10 rings (SSSR count). The summed E-state index contributed by atoms with van der Waals surface area (Å²) < 4.78 is 2.37. The van der Waals surface area contributed by atoms with Gasteiger partial charge in [-0.25, -0.2) is 0 Å². The number of hydrogen-bond acceptors (Lipinski definition) is 2. The Morgan fingerprint density at radius 2 is 1.04 bits per heavy atom. The van der Waals surface area contributed by atoms with E-state index in [-0.39, 0.29) is 0 Å². The minimum Gasteiger partial charge on any atom is -0.310 e. The van der Waals surface area contributed by atoms with Crippen molar-refractivity contribution >= 4 is 72.6 Å². The summed E-state index contributed by atoms with van der Waals surface area (Å²) in [5.41, 5.74) is 11.7. The summed E-state index contributed by atoms with van der Waals surface area (Å²) in [7, 11) is 0. The minimum absolute atomic E-state index is 1.12. The lowest BCUT2D eigenvalue weighted by atomic mass is 9.97. The highest BCUT2D eigenvalue weighted by Gasteiger charge is 2.18. The van der Waals surface area contributed by atoms with Crippen molar-refractivity contribution in [2.45, 2.75) is 0 Å². The highest BCUT2D eigenvalue weighted by Crippen LogP contribution is 2.41. The first kappa shape index (κ1) is 29.9. The number of anilines is 3. The molecule has 52 heavy (non-hydrogen) atoms. The predicted octanol–water partition coefficient (Wildman–Crippen LogP) is 13.2. The van der Waals surface area contributed by atoms with Crippen LogP contribution >= 0.6 is 0 Å². The Kier molecular flexibility index (Phi) is 7.14. The van der Waals surface area contributed by atoms with Crippen molar-refractivity contribution in [3.05, 3.63) is 199 Å². The molecule has 3 nitrogen and oxygen atoms in total. The first-order valence-corrected chi connectivity index (χ1v) is 17.7. The monoisotopic (exact) mass is 663 g/mol. The summed E-state index contributed by atoms with van der Waals surface area (Å²) in [6.45, 7) is 0. The van der Waals surface area contributed by atoms with Crippen molar-refractivity contribution < 1.29 is 0 Å². The molecule has 0 N–H and O–H groups in total. The van der Waals surface area contributed by atoms with E-state index in [0.29, 0.717) is 0 Å². The minimum atomic E-state index is 1.12. The largest absolute Gasteiger partial charge is 0.310 e. The van der Waals surface area contributed by atoms with Gasteiger partial charge in [0, 0.05) is 45.9 Å². The molecule has 0 saturated carbocycles. The average molecular weight is 664 g/mol. The Morgan fingerprint density at radius 1 is 0.404 bits per heavy atom. The molecule has 2 heterocycles. The quantitative estimate of drug-likeness (QED) is 0.125. The Labute approximate surface area is 302 Å². The third kappa shape index (κ3) is 5.19. The van der Waals surface area contributed by atoms with Crippen LogP contribution < -0.4 is 4.90 Å². The molecule has 0 spiro atoms. The van der Waals surface area contributed by atoms with Gasteiger partial charge in [-0.1, -0.05) is 115 Å². The van der Waals surface area contributed by atoms with Crippen molar-refractivity contribution in [2.75, 3.05) is 4.90 Å². The zero-order valence-electron chi connectivity index (χ0n) is 28.4. The van der Waals surface area contributed by atoms with Gasteiger partial charge in [0.05, 0.1) is 11.0 Å². The molecule has 8 aromatic carbocycles. The molecule has 0 unspecified atom stereocenters. The molecule has 0 fully saturated rings. The van der Waals surface area contributed by atoms with Crippen LogP contribution in [-0.4, -0.2) is 9.55 Å². The summed E-state index contributed by atoms with van der Waals surface area (Å²) in [5, 5.41) is 7.57. The van der Waals surface area contributed by atoms with E-state index < -0.39 is 0 Å². The maximum absolute atomic E-state index is 4.28. The molecule has 0 bridgehead atoms. The zero-order chi connectivity index (χ0) is 34.4. The third-order valence-electron chi connectivity index (χ3n) is 10.2. The fraction of sp³-hybridized carbons (Fsp3) is 0. The molecule has 0 atom stereocenters. The van der Waals surface area contributed by atoms with Crippen molar-refractivity contribution in [2.24, 2.45) is 0 Å². The molecule has 0 aliphatic rings. The fourth-order valence-corrected chi connectivity index (χ4v) is 7.71. The van der Waals surface area contributed by atoms with E-state index in [1.165, 1.54) is 65.6 Å². The van der Waals surface area contributed by atoms with E-state index in [1.54, 1.807) is 0 Å². The molecule has 0 aliphatic heterocycles. The summed E-state index contributed by atoms with van der Waals surface area (Å²) in [6, 6.07) is 63.3. The molecule has 10 aromatic rings. The average Bonchev–Trinajstić information content (AvgIpc) is 3.56. The van der Waals surface area contributed by atoms with E-state index in [4.69, 9.17) is 0 Å². The highest BCUT2D eigenvalue weighted by atomic mass is 15.1. The summed E-state index contributed by atoms with van der Waals surface area (Å²) >= 11 is 0. The Bertz CT molecular complexity index is 2830. The van der Waals surface area contributed by atoms with Crippen molar-refractivity contribution in [1.29, 1.82) is 0 Å². The molecular formula is C49H33N3. The number of aromatic nitrogens is 2. The van der Waals surface area contributed by atoms with Crippen LogP contribution in [0, 0.1) is 0 Å². The Balaban J connectivity index is 0.949. The van der Waals surface area contributed by atoms with Gasteiger partial charge in [0.25, 0.3) is 0 Å². The number of fused-ring (bicyclic) bond motifs is 1. The molecule has 0 saturated heterocycles. The first-order valence-electron chi connectivity index (χ1n) is 17.7. The number of rotatable bonds is 7. The van der Waals surface area contributed by atoms with Gasteiger partial charge in [0.1, 0.15) is 0 Å². The van der Waals surface area contributed by atoms with Gasteiger partial charge >= 0.3 is 0 Å². The number of benzene rings is 8. The Hall–Kier alpha value is -6.97. The van der Waals surface area contributed by atoms with Crippen LogP contribution in [0.2, 0.25) is 0 Å². The van der Waals surface area contributed by atoms with Crippen LogP contribution in [-0.2, 0) is 0 Å². The SMILES string of the molecule is C(=Cc1ccc2cc(N(c3ccccc3)c3ccccc3)ccc2c1)c1ccc(-c2cc3ccc4cccc5c4c3c(c2)n5-c2ccncc2)cc1. The van der Waals surface area contributed by atoms with Gasteiger partial charge in [0.15, 0.2) is 0 Å². The smallest absolute Gasteiger partial charge is 0.0553 e. The molecule has 244 valence electrons. The van der Waals surface area contributed by atoms with E-state index in [2.05, 4.69) is 203 Å². The molecule has 0 radical (unpaired) electrons. The summed E-state index contributed by atoms with van der Waals surface area (Å²) in [4.78, 5) is 6.58. The van der Waals surface area contributed by atoms with Gasteiger partial charge in [-0.15, -0.1) is 0 Å². The normalized spacial score (nSPS) is 11.8. The van der Waals surface area contributed by atoms with Gasteiger partial charge in [-0.05, 0) is 117 Å². The van der Waals surface area contributed by atoms with Gasteiger partial charge < -0.3 is 9.47 Å². The highest BCUT2D eigenvalue weighted by molar-refractivity contribution is 6.25. The second-order valence-corrected chi connectivity index (χ2v) is 13.3. The second-order valence-electron chi connectivity index (χ2n) is 13.3. The van der Waals surface area contributed by atoms with Crippen LogP contribution in [0.5, 0.6) is 0 Å².